The minimum Gasteiger partial charge on any atom is -0.349 e. The number of carbonyl (C=O) groups excluding carboxylic acids is 1. The van der Waals surface area contributed by atoms with Crippen molar-refractivity contribution in [1.29, 1.82) is 0 Å². The van der Waals surface area contributed by atoms with Crippen LogP contribution in [-0.4, -0.2) is 26.4 Å². The number of rotatable bonds is 6. The van der Waals surface area contributed by atoms with Crippen molar-refractivity contribution in [2.45, 2.75) is 44.9 Å². The number of benzene rings is 1. The smallest absolute Gasteiger partial charge is 0.230 e. The molecular weight excluding hydrogens is 296 g/mol. The highest BCUT2D eigenvalue weighted by molar-refractivity contribution is 7.99. The van der Waals surface area contributed by atoms with Gasteiger partial charge in [0.2, 0.25) is 5.91 Å². The average Bonchev–Trinajstić information content (AvgIpc) is 2.87. The van der Waals surface area contributed by atoms with E-state index in [4.69, 9.17) is 0 Å². The molecule has 22 heavy (non-hydrogen) atoms. The van der Waals surface area contributed by atoms with Crippen molar-refractivity contribution in [3.63, 3.8) is 0 Å². The van der Waals surface area contributed by atoms with E-state index >= 15 is 0 Å². The van der Waals surface area contributed by atoms with Crippen molar-refractivity contribution in [3.05, 3.63) is 41.7 Å². The Morgan fingerprint density at radius 1 is 1.23 bits per heavy atom. The van der Waals surface area contributed by atoms with Gasteiger partial charge in [-0.05, 0) is 33.3 Å². The van der Waals surface area contributed by atoms with Gasteiger partial charge in [-0.25, -0.2) is 0 Å². The number of aromatic nitrogens is 3. The molecule has 2 rings (SSSR count). The third-order valence-electron chi connectivity index (χ3n) is 3.36. The van der Waals surface area contributed by atoms with Crippen LogP contribution in [0.3, 0.4) is 0 Å². The lowest BCUT2D eigenvalue weighted by atomic mass is 10.1. The molecule has 0 aliphatic heterocycles. The van der Waals surface area contributed by atoms with Gasteiger partial charge < -0.3 is 9.88 Å². The number of nitrogens with zero attached hydrogens (tertiary/aromatic N) is 3. The first-order valence-electron chi connectivity index (χ1n) is 7.37. The van der Waals surface area contributed by atoms with Crippen molar-refractivity contribution in [3.8, 4) is 0 Å². The van der Waals surface area contributed by atoms with Crippen LogP contribution in [0, 0.1) is 6.92 Å². The largest absolute Gasteiger partial charge is 0.349 e. The van der Waals surface area contributed by atoms with Gasteiger partial charge in [-0.15, -0.1) is 10.2 Å². The van der Waals surface area contributed by atoms with Crippen molar-refractivity contribution in [1.82, 2.24) is 20.1 Å². The highest BCUT2D eigenvalue weighted by atomic mass is 32.2. The number of hydrogen-bond donors (Lipinski definition) is 1. The van der Waals surface area contributed by atoms with Crippen molar-refractivity contribution >= 4 is 17.7 Å². The van der Waals surface area contributed by atoms with Gasteiger partial charge in [-0.2, -0.15) is 0 Å². The first kappa shape index (κ1) is 16.5. The maximum Gasteiger partial charge on any atom is 0.230 e. The monoisotopic (exact) mass is 318 g/mol. The number of aryl methyl sites for hydroxylation is 1. The summed E-state index contributed by atoms with van der Waals surface area (Å²) in [5.74, 6) is 1.20. The molecule has 0 aliphatic rings. The SMILES string of the molecule is Cc1nnc(SCC(=O)N[C@@H](C)c2ccccc2)n1C(C)C. The maximum absolute atomic E-state index is 12.1. The Balaban J connectivity index is 1.91. The van der Waals surface area contributed by atoms with Crippen LogP contribution in [0.1, 0.15) is 44.2 Å². The molecule has 6 heteroatoms. The lowest BCUT2D eigenvalue weighted by molar-refractivity contribution is -0.119. The Morgan fingerprint density at radius 2 is 1.91 bits per heavy atom. The second-order valence-corrected chi connectivity index (χ2v) is 6.42. The zero-order chi connectivity index (χ0) is 16.1. The van der Waals surface area contributed by atoms with Crippen LogP contribution in [0.4, 0.5) is 0 Å². The van der Waals surface area contributed by atoms with Crippen molar-refractivity contribution in [2.24, 2.45) is 0 Å². The van der Waals surface area contributed by atoms with Gasteiger partial charge in [0.1, 0.15) is 5.82 Å². The standard InChI is InChI=1S/C16H22N4OS/c1-11(2)20-13(4)18-19-16(20)22-10-15(21)17-12(3)14-8-6-5-7-9-14/h5-9,11-12H,10H2,1-4H3,(H,17,21)/t12-/m0/s1. The number of nitrogens with one attached hydrogen (secondary N) is 1. The van der Waals surface area contributed by atoms with E-state index in [1.165, 1.54) is 11.8 Å². The molecule has 0 saturated heterocycles. The Kier molecular flexibility index (Phi) is 5.60. The molecule has 0 bridgehead atoms. The van der Waals surface area contributed by atoms with Gasteiger partial charge in [0.05, 0.1) is 11.8 Å². The highest BCUT2D eigenvalue weighted by Gasteiger charge is 2.15. The summed E-state index contributed by atoms with van der Waals surface area (Å²) in [5, 5.41) is 12.0. The number of thioether (sulfide) groups is 1. The molecule has 0 radical (unpaired) electrons. The molecule has 118 valence electrons. The average molecular weight is 318 g/mol. The van der Waals surface area contributed by atoms with E-state index < -0.39 is 0 Å². The summed E-state index contributed by atoms with van der Waals surface area (Å²) in [6, 6.07) is 10.2. The van der Waals surface area contributed by atoms with Crippen LogP contribution in [0.25, 0.3) is 0 Å². The molecular formula is C16H22N4OS. The summed E-state index contributed by atoms with van der Waals surface area (Å²) in [6.07, 6.45) is 0. The number of hydrogen-bond acceptors (Lipinski definition) is 4. The third kappa shape index (κ3) is 4.10. The molecule has 2 aromatic rings. The zero-order valence-electron chi connectivity index (χ0n) is 13.4. The Labute approximate surface area is 135 Å². The van der Waals surface area contributed by atoms with E-state index in [0.717, 1.165) is 16.5 Å². The fourth-order valence-corrected chi connectivity index (χ4v) is 3.21. The van der Waals surface area contributed by atoms with Gasteiger partial charge >= 0.3 is 0 Å². The first-order valence-corrected chi connectivity index (χ1v) is 8.36. The predicted molar refractivity (Wildman–Crippen MR) is 88.9 cm³/mol. The van der Waals surface area contributed by atoms with Gasteiger partial charge in [0.25, 0.3) is 0 Å². The lowest BCUT2D eigenvalue weighted by Gasteiger charge is -2.15. The van der Waals surface area contributed by atoms with Crippen molar-refractivity contribution in [2.75, 3.05) is 5.75 Å². The van der Waals surface area contributed by atoms with E-state index in [2.05, 4.69) is 29.4 Å². The third-order valence-corrected chi connectivity index (χ3v) is 4.30. The van der Waals surface area contributed by atoms with Gasteiger partial charge in [0, 0.05) is 6.04 Å². The van der Waals surface area contributed by atoms with Gasteiger partial charge in [-0.1, -0.05) is 42.1 Å². The molecule has 0 fully saturated rings. The number of amides is 1. The molecule has 1 aromatic carbocycles. The Morgan fingerprint density at radius 3 is 2.55 bits per heavy atom. The summed E-state index contributed by atoms with van der Waals surface area (Å²) in [5.41, 5.74) is 1.10. The molecule has 1 aromatic heterocycles. The van der Waals surface area contributed by atoms with Crippen LogP contribution in [0.2, 0.25) is 0 Å². The molecule has 0 aliphatic carbocycles. The predicted octanol–water partition coefficient (Wildman–Crippen LogP) is 3.14. The van der Waals surface area contributed by atoms with E-state index in [0.29, 0.717) is 5.75 Å². The molecule has 1 heterocycles. The van der Waals surface area contributed by atoms with Crippen LogP contribution < -0.4 is 5.32 Å². The van der Waals surface area contributed by atoms with Crippen molar-refractivity contribution < 1.29 is 4.79 Å². The second-order valence-electron chi connectivity index (χ2n) is 5.48. The molecule has 1 amide bonds. The second kappa shape index (κ2) is 7.45. The van der Waals surface area contributed by atoms with E-state index in [1.54, 1.807) is 0 Å². The normalized spacial score (nSPS) is 12.4. The van der Waals surface area contributed by atoms with Crippen LogP contribution in [-0.2, 0) is 4.79 Å². The Bertz CT molecular complexity index is 624. The molecule has 1 N–H and O–H groups in total. The van der Waals surface area contributed by atoms with E-state index in [9.17, 15) is 4.79 Å². The number of carbonyl (C=O) groups is 1. The van der Waals surface area contributed by atoms with Gasteiger partial charge in [0.15, 0.2) is 5.16 Å². The summed E-state index contributed by atoms with van der Waals surface area (Å²) >= 11 is 1.42. The van der Waals surface area contributed by atoms with Crippen LogP contribution in [0.5, 0.6) is 0 Å². The quantitative estimate of drug-likeness (QED) is 0.831. The first-order chi connectivity index (χ1) is 10.5. The fourth-order valence-electron chi connectivity index (χ4n) is 2.28. The molecule has 1 atom stereocenters. The molecule has 0 unspecified atom stereocenters. The Hall–Kier alpha value is -1.82. The molecule has 5 nitrogen and oxygen atoms in total. The van der Waals surface area contributed by atoms with Crippen LogP contribution in [0.15, 0.2) is 35.5 Å². The maximum atomic E-state index is 12.1. The summed E-state index contributed by atoms with van der Waals surface area (Å²) in [6.45, 7) is 8.07. The van der Waals surface area contributed by atoms with Gasteiger partial charge in [-0.3, -0.25) is 4.79 Å². The molecule has 0 spiro atoms. The minimum atomic E-state index is -0.00249. The zero-order valence-corrected chi connectivity index (χ0v) is 14.2. The fraction of sp³-hybridized carbons (Fsp3) is 0.438. The topological polar surface area (TPSA) is 59.8 Å². The van der Waals surface area contributed by atoms with Crippen LogP contribution >= 0.6 is 11.8 Å². The highest BCUT2D eigenvalue weighted by Crippen LogP contribution is 2.21. The summed E-state index contributed by atoms with van der Waals surface area (Å²) in [4.78, 5) is 12.1. The van der Waals surface area contributed by atoms with E-state index in [1.807, 2.05) is 48.7 Å². The molecule has 0 saturated carbocycles. The minimum absolute atomic E-state index is 0.000922. The summed E-state index contributed by atoms with van der Waals surface area (Å²) < 4.78 is 2.04. The summed E-state index contributed by atoms with van der Waals surface area (Å²) in [7, 11) is 0. The van der Waals surface area contributed by atoms with E-state index in [-0.39, 0.29) is 18.0 Å². The lowest BCUT2D eigenvalue weighted by Crippen LogP contribution is -2.28.